The van der Waals surface area contributed by atoms with E-state index in [0.717, 1.165) is 27.7 Å². The van der Waals surface area contributed by atoms with E-state index >= 15 is 0 Å². The zero-order valence-electron chi connectivity index (χ0n) is 28.3. The van der Waals surface area contributed by atoms with Gasteiger partial charge in [-0.15, -0.1) is 0 Å². The van der Waals surface area contributed by atoms with Crippen LogP contribution in [0.1, 0.15) is 49.2 Å². The van der Waals surface area contributed by atoms with Crippen molar-refractivity contribution in [2.75, 3.05) is 26.9 Å². The Morgan fingerprint density at radius 3 is 2.46 bits per heavy atom. The zero-order valence-corrected chi connectivity index (χ0v) is 29.9. The number of hydrogen-bond acceptors (Lipinski definition) is 9. The van der Waals surface area contributed by atoms with E-state index in [0.29, 0.717) is 50.3 Å². The molecule has 6 rings (SSSR count). The van der Waals surface area contributed by atoms with Crippen molar-refractivity contribution < 1.29 is 28.5 Å². The highest BCUT2D eigenvalue weighted by atomic mass is 35.5. The maximum atomic E-state index is 14.5. The Morgan fingerprint density at radius 1 is 0.980 bits per heavy atom. The lowest BCUT2D eigenvalue weighted by molar-refractivity contribution is -0.143. The lowest BCUT2D eigenvalue weighted by Gasteiger charge is -2.25. The first kappa shape index (κ1) is 34.7. The van der Waals surface area contributed by atoms with E-state index in [2.05, 4.69) is 16.7 Å². The monoisotopic (exact) mass is 713 g/mol. The number of carbonyl (C=O) groups excluding carboxylic acids is 2. The van der Waals surface area contributed by atoms with Crippen LogP contribution in [0, 0.1) is 6.92 Å². The van der Waals surface area contributed by atoms with Gasteiger partial charge >= 0.3 is 11.9 Å². The minimum absolute atomic E-state index is 0.149. The highest BCUT2D eigenvalue weighted by Gasteiger charge is 2.34. The molecule has 1 atom stereocenters. The summed E-state index contributed by atoms with van der Waals surface area (Å²) in [6.45, 7) is 8.11. The van der Waals surface area contributed by atoms with Gasteiger partial charge in [0.15, 0.2) is 22.9 Å². The molecule has 0 spiro atoms. The molecule has 0 amide bonds. The number of esters is 2. The van der Waals surface area contributed by atoms with E-state index in [9.17, 15) is 14.4 Å². The minimum Gasteiger partial charge on any atom is -0.490 e. The summed E-state index contributed by atoms with van der Waals surface area (Å²) >= 11 is 7.40. The number of allylic oxidation sites excluding steroid dienone is 1. The molecule has 0 N–H and O–H groups in total. The standard InChI is InChI=1S/C38H36ClN3O7S/c1-6-47-31-18-25(14-17-30(31)49-21-33(43)46-5)35-34(37(45)48-7-2)22(3)40-38-42(35)36(44)32(50-38)19-28-23(4)41(29-11-9-8-10-27(28)29)20-24-12-15-26(39)16-13-24/h8-19,35H,6-7,20-21H2,1-5H3/b32-19-/t35-/m1/s1. The van der Waals surface area contributed by atoms with Gasteiger partial charge in [-0.05, 0) is 75.2 Å². The van der Waals surface area contributed by atoms with Crippen LogP contribution in [0.15, 0.2) is 87.8 Å². The van der Waals surface area contributed by atoms with E-state index in [1.165, 1.54) is 23.0 Å². The molecular formula is C38H36ClN3O7S. The van der Waals surface area contributed by atoms with Crippen molar-refractivity contribution >= 4 is 51.9 Å². The lowest BCUT2D eigenvalue weighted by Crippen LogP contribution is -2.40. The molecule has 0 bridgehead atoms. The highest BCUT2D eigenvalue weighted by Crippen LogP contribution is 2.36. The van der Waals surface area contributed by atoms with Crippen LogP contribution >= 0.6 is 22.9 Å². The Kier molecular flexibility index (Phi) is 10.3. The molecule has 50 heavy (non-hydrogen) atoms. The first-order valence-electron chi connectivity index (χ1n) is 16.1. The molecule has 2 aromatic heterocycles. The number of aromatic nitrogens is 2. The van der Waals surface area contributed by atoms with Gasteiger partial charge in [-0.2, -0.15) is 0 Å². The third-order valence-electron chi connectivity index (χ3n) is 8.48. The predicted octanol–water partition coefficient (Wildman–Crippen LogP) is 5.71. The fraction of sp³-hybridized carbons (Fsp3) is 0.263. The quantitative estimate of drug-likeness (QED) is 0.161. The molecule has 12 heteroatoms. The number of benzene rings is 3. The zero-order chi connectivity index (χ0) is 35.5. The predicted molar refractivity (Wildman–Crippen MR) is 193 cm³/mol. The highest BCUT2D eigenvalue weighted by molar-refractivity contribution is 7.07. The molecular weight excluding hydrogens is 678 g/mol. The topological polar surface area (TPSA) is 110 Å². The minimum atomic E-state index is -0.867. The van der Waals surface area contributed by atoms with Crippen molar-refractivity contribution in [2.24, 2.45) is 4.99 Å². The maximum Gasteiger partial charge on any atom is 0.343 e. The third kappa shape index (κ3) is 6.71. The number of nitrogens with zero attached hydrogens (tertiary/aromatic N) is 3. The second kappa shape index (κ2) is 14.8. The number of para-hydroxylation sites is 1. The number of carbonyl (C=O) groups is 2. The van der Waals surface area contributed by atoms with E-state index in [-0.39, 0.29) is 24.3 Å². The lowest BCUT2D eigenvalue weighted by atomic mass is 9.95. The SMILES string of the molecule is CCOC(=O)C1=C(C)N=c2s/c(=C\c3c(C)n(Cc4ccc(Cl)cc4)c4ccccc34)c(=O)n2[C@@H]1c1ccc(OCC(=O)OC)c(OCC)c1. The van der Waals surface area contributed by atoms with Crippen molar-refractivity contribution in [3.8, 4) is 11.5 Å². The smallest absolute Gasteiger partial charge is 0.343 e. The first-order valence-corrected chi connectivity index (χ1v) is 17.3. The third-order valence-corrected chi connectivity index (χ3v) is 9.72. The van der Waals surface area contributed by atoms with Crippen LogP contribution in [0.25, 0.3) is 17.0 Å². The van der Waals surface area contributed by atoms with Crippen molar-refractivity contribution in [1.29, 1.82) is 0 Å². The summed E-state index contributed by atoms with van der Waals surface area (Å²) in [6, 6.07) is 20.1. The van der Waals surface area contributed by atoms with Crippen molar-refractivity contribution in [3.63, 3.8) is 0 Å². The summed E-state index contributed by atoms with van der Waals surface area (Å²) in [4.78, 5) is 44.9. The molecule has 5 aromatic rings. The second-order valence-corrected chi connectivity index (χ2v) is 13.0. The average molecular weight is 714 g/mol. The van der Waals surface area contributed by atoms with Crippen LogP contribution in [0.2, 0.25) is 5.02 Å². The maximum absolute atomic E-state index is 14.5. The van der Waals surface area contributed by atoms with Crippen molar-refractivity contribution in [2.45, 2.75) is 40.3 Å². The fourth-order valence-corrected chi connectivity index (χ4v) is 7.29. The Bertz CT molecular complexity index is 2320. The number of thiazole rings is 1. The van der Waals surface area contributed by atoms with Gasteiger partial charge in [-0.25, -0.2) is 14.6 Å². The Morgan fingerprint density at radius 2 is 1.74 bits per heavy atom. The van der Waals surface area contributed by atoms with Crippen LogP contribution in [-0.2, 0) is 25.6 Å². The molecule has 0 saturated heterocycles. The summed E-state index contributed by atoms with van der Waals surface area (Å²) in [5.41, 5.74) is 5.02. The number of halogens is 1. The summed E-state index contributed by atoms with van der Waals surface area (Å²) in [5, 5.41) is 1.68. The van der Waals surface area contributed by atoms with E-state index in [1.54, 1.807) is 32.0 Å². The van der Waals surface area contributed by atoms with E-state index in [4.69, 9.17) is 35.5 Å². The van der Waals surface area contributed by atoms with Gasteiger partial charge in [0.2, 0.25) is 0 Å². The van der Waals surface area contributed by atoms with Crippen LogP contribution in [0.4, 0.5) is 0 Å². The van der Waals surface area contributed by atoms with Gasteiger partial charge in [0.05, 0.1) is 42.2 Å². The number of ether oxygens (including phenoxy) is 4. The van der Waals surface area contributed by atoms with Crippen LogP contribution in [0.3, 0.4) is 0 Å². The van der Waals surface area contributed by atoms with Gasteiger partial charge in [-0.3, -0.25) is 9.36 Å². The number of fused-ring (bicyclic) bond motifs is 2. The molecule has 10 nitrogen and oxygen atoms in total. The molecule has 3 aromatic carbocycles. The molecule has 0 unspecified atom stereocenters. The summed E-state index contributed by atoms with van der Waals surface area (Å²) in [5.74, 6) is -0.455. The Labute approximate surface area is 297 Å². The van der Waals surface area contributed by atoms with Crippen LogP contribution < -0.4 is 24.4 Å². The van der Waals surface area contributed by atoms with Crippen molar-refractivity contribution in [3.05, 3.63) is 125 Å². The largest absolute Gasteiger partial charge is 0.490 e. The average Bonchev–Trinajstić information content (AvgIpc) is 3.56. The van der Waals surface area contributed by atoms with E-state index < -0.39 is 18.0 Å². The second-order valence-electron chi connectivity index (χ2n) is 11.5. The first-order chi connectivity index (χ1) is 24.1. The molecule has 0 aliphatic carbocycles. The molecule has 1 aliphatic rings. The Balaban J connectivity index is 1.51. The summed E-state index contributed by atoms with van der Waals surface area (Å²) in [6.07, 6.45) is 1.91. The molecule has 0 saturated carbocycles. The molecule has 258 valence electrons. The summed E-state index contributed by atoms with van der Waals surface area (Å²) in [7, 11) is 1.28. The van der Waals surface area contributed by atoms with Gasteiger partial charge < -0.3 is 23.5 Å². The number of hydrogen-bond donors (Lipinski definition) is 0. The van der Waals surface area contributed by atoms with Crippen molar-refractivity contribution in [1.82, 2.24) is 9.13 Å². The van der Waals surface area contributed by atoms with Gasteiger partial charge in [0.1, 0.15) is 0 Å². The number of rotatable bonds is 11. The summed E-state index contributed by atoms with van der Waals surface area (Å²) < 4.78 is 26.0. The van der Waals surface area contributed by atoms with Gasteiger partial charge in [0.25, 0.3) is 5.56 Å². The van der Waals surface area contributed by atoms with Gasteiger partial charge in [-0.1, -0.05) is 59.3 Å². The van der Waals surface area contributed by atoms with Crippen LogP contribution in [-0.4, -0.2) is 48.0 Å². The molecule has 0 fully saturated rings. The molecule has 3 heterocycles. The fourth-order valence-electron chi connectivity index (χ4n) is 6.13. The number of methoxy groups -OCH3 is 1. The normalized spacial score (nSPS) is 14.4. The molecule has 0 radical (unpaired) electrons. The van der Waals surface area contributed by atoms with E-state index in [1.807, 2.05) is 56.3 Å². The molecule has 1 aliphatic heterocycles. The van der Waals surface area contributed by atoms with Crippen LogP contribution in [0.5, 0.6) is 11.5 Å². The van der Waals surface area contributed by atoms with Gasteiger partial charge in [0, 0.05) is 33.7 Å². The Hall–Kier alpha value is -5.13.